The highest BCUT2D eigenvalue weighted by Gasteiger charge is 2.47. The molecule has 3 heterocycles. The van der Waals surface area contributed by atoms with E-state index in [9.17, 15) is 31.9 Å². The first-order valence-corrected chi connectivity index (χ1v) is 13.0. The molecule has 4 amide bonds. The second-order valence-corrected chi connectivity index (χ2v) is 10.3. The Morgan fingerprint density at radius 1 is 1.08 bits per heavy atom. The van der Waals surface area contributed by atoms with Crippen LogP contribution in [0.4, 0.5) is 22.4 Å². The highest BCUT2D eigenvalue weighted by atomic mass is 19.3. The minimum absolute atomic E-state index is 0.0934. The Kier molecular flexibility index (Phi) is 7.46. The van der Waals surface area contributed by atoms with E-state index in [1.165, 1.54) is 17.0 Å². The average Bonchev–Trinajstić information content (AvgIpc) is 3.25. The van der Waals surface area contributed by atoms with E-state index in [2.05, 4.69) is 15.6 Å². The lowest BCUT2D eigenvalue weighted by atomic mass is 9.77. The summed E-state index contributed by atoms with van der Waals surface area (Å²) in [7, 11) is 0. The summed E-state index contributed by atoms with van der Waals surface area (Å²) in [6.07, 6.45) is -1.66. The third-order valence-corrected chi connectivity index (χ3v) is 7.55. The second kappa shape index (κ2) is 10.8. The zero-order valence-electron chi connectivity index (χ0n) is 21.1. The van der Waals surface area contributed by atoms with Crippen LogP contribution in [0.5, 0.6) is 0 Å². The van der Waals surface area contributed by atoms with Crippen LogP contribution in [0.2, 0.25) is 0 Å². The van der Waals surface area contributed by atoms with E-state index >= 15 is 0 Å². The van der Waals surface area contributed by atoms with Crippen molar-refractivity contribution in [3.8, 4) is 0 Å². The summed E-state index contributed by atoms with van der Waals surface area (Å²) in [6.45, 7) is 0.540. The first-order valence-electron chi connectivity index (χ1n) is 13.0. The third kappa shape index (κ3) is 5.84. The van der Waals surface area contributed by atoms with Gasteiger partial charge in [-0.3, -0.25) is 9.59 Å². The minimum atomic E-state index is -2.81. The molecule has 1 aliphatic carbocycles. The number of rotatable bonds is 7. The van der Waals surface area contributed by atoms with Crippen LogP contribution in [-0.2, 0) is 9.59 Å². The number of nitrogens with zero attached hydrogens (tertiary/aromatic N) is 3. The summed E-state index contributed by atoms with van der Waals surface area (Å²) in [5.74, 6) is -5.58. The van der Waals surface area contributed by atoms with Crippen LogP contribution in [-0.4, -0.2) is 76.9 Å². The number of aromatic nitrogens is 1. The summed E-state index contributed by atoms with van der Waals surface area (Å²) < 4.78 is 56.0. The molecule has 12 heteroatoms. The standard InChI is InChI=1S/C27H29F4N5O3/c28-18-11-21(36(15-18)22(37)14-32-26(39)35-9-4-10-35)25(38)34-23(16-5-2-1-3-6-16)20-8-7-19(24(29)33-20)17-12-27(30,31)13-17/h1-3,5-8,17-18,21,23H,4,9-15H2,(H,32,39)(H,34,38)/t18-,21+,23+/m1/s1. The fourth-order valence-electron chi connectivity index (χ4n) is 5.21. The number of urea groups is 1. The molecule has 3 fully saturated rings. The van der Waals surface area contributed by atoms with Crippen LogP contribution in [0.15, 0.2) is 42.5 Å². The van der Waals surface area contributed by atoms with Gasteiger partial charge in [0.1, 0.15) is 12.2 Å². The molecule has 2 aliphatic heterocycles. The van der Waals surface area contributed by atoms with Crippen LogP contribution in [0.1, 0.15) is 54.5 Å². The number of pyridine rings is 1. The SMILES string of the molecule is O=C(N[C@@H](c1ccccc1)c1ccc(C2CC(F)(F)C2)c(F)n1)[C@@H]1C[C@@H](F)CN1C(=O)CNC(=O)N1CCC1. The minimum Gasteiger partial charge on any atom is -0.342 e. The van der Waals surface area contributed by atoms with Gasteiger partial charge in [0.2, 0.25) is 23.7 Å². The van der Waals surface area contributed by atoms with E-state index in [0.717, 1.165) is 11.3 Å². The number of benzene rings is 1. The Balaban J connectivity index is 1.31. The van der Waals surface area contributed by atoms with Crippen molar-refractivity contribution in [2.24, 2.45) is 0 Å². The monoisotopic (exact) mass is 547 g/mol. The predicted molar refractivity (Wildman–Crippen MR) is 132 cm³/mol. The van der Waals surface area contributed by atoms with Crippen molar-refractivity contribution in [3.05, 3.63) is 65.2 Å². The molecule has 2 N–H and O–H groups in total. The van der Waals surface area contributed by atoms with E-state index in [0.29, 0.717) is 18.7 Å². The Bertz CT molecular complexity index is 1240. The molecule has 1 aromatic heterocycles. The lowest BCUT2D eigenvalue weighted by Crippen LogP contribution is -2.52. The van der Waals surface area contributed by atoms with Gasteiger partial charge in [-0.1, -0.05) is 36.4 Å². The first kappa shape index (κ1) is 26.9. The van der Waals surface area contributed by atoms with Crippen molar-refractivity contribution in [3.63, 3.8) is 0 Å². The van der Waals surface area contributed by atoms with Gasteiger partial charge in [0, 0.05) is 37.9 Å². The normalized spacial score (nSPS) is 23.0. The van der Waals surface area contributed by atoms with Gasteiger partial charge in [0.25, 0.3) is 0 Å². The molecule has 1 saturated carbocycles. The number of halogens is 4. The lowest BCUT2D eigenvalue weighted by molar-refractivity contribution is -0.137. The molecule has 1 aromatic carbocycles. The van der Waals surface area contributed by atoms with E-state index in [1.54, 1.807) is 30.3 Å². The number of carbonyl (C=O) groups excluding carboxylic acids is 3. The van der Waals surface area contributed by atoms with Crippen molar-refractivity contribution in [1.82, 2.24) is 25.4 Å². The molecule has 39 heavy (non-hydrogen) atoms. The Morgan fingerprint density at radius 3 is 2.41 bits per heavy atom. The van der Waals surface area contributed by atoms with Crippen molar-refractivity contribution in [2.45, 2.75) is 55.8 Å². The molecule has 0 spiro atoms. The van der Waals surface area contributed by atoms with Gasteiger partial charge >= 0.3 is 6.03 Å². The number of carbonyl (C=O) groups is 3. The molecular weight excluding hydrogens is 518 g/mol. The highest BCUT2D eigenvalue weighted by Crippen LogP contribution is 2.48. The van der Waals surface area contributed by atoms with Gasteiger partial charge < -0.3 is 20.4 Å². The molecule has 3 atom stereocenters. The molecular formula is C27H29F4N5O3. The van der Waals surface area contributed by atoms with Gasteiger partial charge in [-0.25, -0.2) is 22.9 Å². The molecule has 3 aliphatic rings. The average molecular weight is 548 g/mol. The van der Waals surface area contributed by atoms with Crippen LogP contribution >= 0.6 is 0 Å². The van der Waals surface area contributed by atoms with Gasteiger partial charge in [-0.2, -0.15) is 4.39 Å². The third-order valence-electron chi connectivity index (χ3n) is 7.55. The number of amides is 4. The maximum atomic E-state index is 14.9. The first-order chi connectivity index (χ1) is 18.6. The van der Waals surface area contributed by atoms with Gasteiger partial charge in [-0.15, -0.1) is 0 Å². The van der Waals surface area contributed by atoms with Gasteiger partial charge in [0.15, 0.2) is 0 Å². The Hall–Kier alpha value is -3.70. The largest absolute Gasteiger partial charge is 0.342 e. The van der Waals surface area contributed by atoms with Crippen molar-refractivity contribution in [2.75, 3.05) is 26.2 Å². The fraction of sp³-hybridized carbons (Fsp3) is 0.481. The molecule has 2 aromatic rings. The smallest absolute Gasteiger partial charge is 0.317 e. The van der Waals surface area contributed by atoms with Crippen molar-refractivity contribution < 1.29 is 31.9 Å². The molecule has 208 valence electrons. The fourth-order valence-corrected chi connectivity index (χ4v) is 5.21. The molecule has 2 saturated heterocycles. The number of hydrogen-bond donors (Lipinski definition) is 2. The summed E-state index contributed by atoms with van der Waals surface area (Å²) in [4.78, 5) is 44.9. The maximum absolute atomic E-state index is 14.9. The summed E-state index contributed by atoms with van der Waals surface area (Å²) >= 11 is 0. The number of likely N-dealkylation sites (tertiary alicyclic amines) is 2. The molecule has 0 bridgehead atoms. The van der Waals surface area contributed by atoms with Crippen molar-refractivity contribution >= 4 is 17.8 Å². The maximum Gasteiger partial charge on any atom is 0.317 e. The summed E-state index contributed by atoms with van der Waals surface area (Å²) in [6, 6.07) is 9.02. The Labute approximate surface area is 222 Å². The zero-order chi connectivity index (χ0) is 27.7. The number of hydrogen-bond acceptors (Lipinski definition) is 4. The molecule has 0 unspecified atom stereocenters. The van der Waals surface area contributed by atoms with E-state index in [4.69, 9.17) is 0 Å². The van der Waals surface area contributed by atoms with Gasteiger partial charge in [-0.05, 0) is 24.0 Å². The van der Waals surface area contributed by atoms with Crippen molar-refractivity contribution in [1.29, 1.82) is 0 Å². The topological polar surface area (TPSA) is 94.6 Å². The van der Waals surface area contributed by atoms with Gasteiger partial charge in [0.05, 0.1) is 24.8 Å². The van der Waals surface area contributed by atoms with E-state index in [1.807, 2.05) is 0 Å². The van der Waals surface area contributed by atoms with E-state index in [-0.39, 0.29) is 30.8 Å². The molecule has 8 nitrogen and oxygen atoms in total. The summed E-state index contributed by atoms with van der Waals surface area (Å²) in [5.41, 5.74) is 0.794. The zero-order valence-corrected chi connectivity index (χ0v) is 21.1. The van der Waals surface area contributed by atoms with E-state index < -0.39 is 66.7 Å². The number of alkyl halides is 3. The lowest BCUT2D eigenvalue weighted by Gasteiger charge is -2.35. The van der Waals surface area contributed by atoms with Crippen LogP contribution < -0.4 is 10.6 Å². The molecule has 0 radical (unpaired) electrons. The van der Waals surface area contributed by atoms with Crippen LogP contribution in [0.25, 0.3) is 0 Å². The van der Waals surface area contributed by atoms with Crippen LogP contribution in [0, 0.1) is 5.95 Å². The number of nitrogens with one attached hydrogen (secondary N) is 2. The predicted octanol–water partition coefficient (Wildman–Crippen LogP) is 3.29. The highest BCUT2D eigenvalue weighted by molar-refractivity contribution is 5.91. The molecule has 5 rings (SSSR count). The van der Waals surface area contributed by atoms with Crippen LogP contribution in [0.3, 0.4) is 0 Å². The summed E-state index contributed by atoms with van der Waals surface area (Å²) in [5, 5.41) is 5.28. The Morgan fingerprint density at radius 2 is 1.79 bits per heavy atom. The quantitative estimate of drug-likeness (QED) is 0.411. The second-order valence-electron chi connectivity index (χ2n) is 10.3.